The minimum Gasteiger partial charge on any atom is -0.354 e. The normalized spacial score (nSPS) is 13.4. The average Bonchev–Trinajstić information content (AvgIpc) is 2.46. The van der Waals surface area contributed by atoms with E-state index in [-0.39, 0.29) is 9.47 Å². The summed E-state index contributed by atoms with van der Waals surface area (Å²) in [6, 6.07) is 0. The van der Waals surface area contributed by atoms with Crippen LogP contribution in [0.2, 0.25) is 4.47 Å². The first-order chi connectivity index (χ1) is 7.60. The predicted octanol–water partition coefficient (Wildman–Crippen LogP) is 3.20. The Morgan fingerprint density at radius 3 is 2.00 bits per heavy atom. The van der Waals surface area contributed by atoms with Crippen LogP contribution < -0.4 is 0 Å². The van der Waals surface area contributed by atoms with E-state index < -0.39 is 25.1 Å². The number of rotatable bonds is 3. The summed E-state index contributed by atoms with van der Waals surface area (Å²) >= 11 is 5.93. The molecule has 0 aliphatic heterocycles. The van der Waals surface area contributed by atoms with E-state index in [1.54, 1.807) is 0 Å². The highest BCUT2D eigenvalue weighted by Gasteiger charge is 2.58. The largest absolute Gasteiger partial charge is 0.423 e. The summed E-state index contributed by atoms with van der Waals surface area (Å²) in [4.78, 5) is 0. The zero-order valence-electron chi connectivity index (χ0n) is 7.64. The molecule has 0 aliphatic carbocycles. The molecule has 0 saturated carbocycles. The molecule has 0 radical (unpaired) electrons. The molecule has 17 heavy (non-hydrogen) atoms. The molecule has 11 heteroatoms. The number of alkyl halides is 6. The van der Waals surface area contributed by atoms with Crippen LogP contribution >= 0.6 is 22.9 Å². The van der Waals surface area contributed by atoms with E-state index in [9.17, 15) is 26.3 Å². The highest BCUT2D eigenvalue weighted by molar-refractivity contribution is 7.15. The molecule has 0 aromatic carbocycles. The van der Waals surface area contributed by atoms with Crippen molar-refractivity contribution in [3.05, 3.63) is 9.47 Å². The van der Waals surface area contributed by atoms with Gasteiger partial charge in [-0.15, -0.1) is 10.2 Å². The van der Waals surface area contributed by atoms with Gasteiger partial charge in [-0.05, 0) is 11.6 Å². The summed E-state index contributed by atoms with van der Waals surface area (Å²) < 4.78 is 75.8. The molecule has 0 fully saturated rings. The lowest BCUT2D eigenvalue weighted by atomic mass is 10.3. The Bertz CT molecular complexity index is 363. The van der Waals surface area contributed by atoms with Crippen molar-refractivity contribution in [3.8, 4) is 0 Å². The lowest BCUT2D eigenvalue weighted by molar-refractivity contribution is -0.324. The molecule has 0 spiro atoms. The van der Waals surface area contributed by atoms with Crippen molar-refractivity contribution in [1.29, 1.82) is 0 Å². The van der Waals surface area contributed by atoms with Gasteiger partial charge in [0, 0.05) is 0 Å². The monoisotopic (exact) mass is 300 g/mol. The summed E-state index contributed by atoms with van der Waals surface area (Å²) in [5.41, 5.74) is 0. The van der Waals surface area contributed by atoms with Crippen LogP contribution in [0.25, 0.3) is 0 Å². The van der Waals surface area contributed by atoms with Crippen LogP contribution in [0, 0.1) is 0 Å². The highest BCUT2D eigenvalue weighted by Crippen LogP contribution is 2.36. The van der Waals surface area contributed by atoms with E-state index in [0.717, 1.165) is 0 Å². The minimum absolute atomic E-state index is 0.0980. The molecular formula is C6H3ClF6N2OS. The molecule has 0 unspecified atom stereocenters. The SMILES string of the molecule is FC(F)(F)C(OCc1nnc(Cl)s1)C(F)(F)F. The number of ether oxygens (including phenoxy) is 1. The lowest BCUT2D eigenvalue weighted by Gasteiger charge is -2.22. The van der Waals surface area contributed by atoms with Gasteiger partial charge < -0.3 is 4.74 Å². The van der Waals surface area contributed by atoms with Crippen molar-refractivity contribution in [2.45, 2.75) is 25.1 Å². The van der Waals surface area contributed by atoms with E-state index in [4.69, 9.17) is 11.6 Å². The second kappa shape index (κ2) is 4.94. The van der Waals surface area contributed by atoms with Crippen molar-refractivity contribution in [1.82, 2.24) is 10.2 Å². The van der Waals surface area contributed by atoms with Gasteiger partial charge in [0.25, 0.3) is 0 Å². The summed E-state index contributed by atoms with van der Waals surface area (Å²) in [7, 11) is 0. The van der Waals surface area contributed by atoms with E-state index in [1.165, 1.54) is 0 Å². The molecule has 0 saturated heterocycles. The van der Waals surface area contributed by atoms with Gasteiger partial charge in [0.2, 0.25) is 10.6 Å². The Balaban J connectivity index is 2.69. The number of hydrogen-bond acceptors (Lipinski definition) is 4. The first-order valence-electron chi connectivity index (χ1n) is 3.83. The van der Waals surface area contributed by atoms with Crippen LogP contribution in [0.1, 0.15) is 5.01 Å². The van der Waals surface area contributed by atoms with Crippen LogP contribution in [-0.4, -0.2) is 28.7 Å². The van der Waals surface area contributed by atoms with Crippen molar-refractivity contribution in [3.63, 3.8) is 0 Å². The third kappa shape index (κ3) is 4.28. The van der Waals surface area contributed by atoms with Crippen molar-refractivity contribution in [2.75, 3.05) is 0 Å². The zero-order valence-corrected chi connectivity index (χ0v) is 9.21. The fourth-order valence-electron chi connectivity index (χ4n) is 0.821. The van der Waals surface area contributed by atoms with Crippen molar-refractivity contribution in [2.24, 2.45) is 0 Å². The molecule has 0 N–H and O–H groups in total. The van der Waals surface area contributed by atoms with Gasteiger partial charge in [0.15, 0.2) is 0 Å². The van der Waals surface area contributed by atoms with Crippen molar-refractivity contribution < 1.29 is 31.1 Å². The molecular weight excluding hydrogens is 298 g/mol. The molecule has 1 aromatic rings. The molecule has 0 aliphatic rings. The first kappa shape index (κ1) is 14.5. The molecule has 98 valence electrons. The smallest absolute Gasteiger partial charge is 0.354 e. The maximum absolute atomic E-state index is 12.0. The van der Waals surface area contributed by atoms with Gasteiger partial charge in [-0.25, -0.2) is 0 Å². The summed E-state index contributed by atoms with van der Waals surface area (Å²) in [5, 5.41) is 6.27. The predicted molar refractivity (Wildman–Crippen MR) is 45.6 cm³/mol. The highest BCUT2D eigenvalue weighted by atomic mass is 35.5. The standard InChI is InChI=1S/C6H3ClF6N2OS/c7-4-15-14-2(17-4)1-16-3(5(8,9)10)6(11,12)13/h3H,1H2. The van der Waals surface area contributed by atoms with E-state index in [0.29, 0.717) is 11.3 Å². The Kier molecular flexibility index (Phi) is 4.20. The molecule has 0 atom stereocenters. The number of hydrogen-bond donors (Lipinski definition) is 0. The van der Waals surface area contributed by atoms with Crippen LogP contribution in [0.3, 0.4) is 0 Å². The molecule has 1 aromatic heterocycles. The second-order valence-electron chi connectivity index (χ2n) is 2.72. The maximum atomic E-state index is 12.0. The van der Waals surface area contributed by atoms with Gasteiger partial charge in [0.05, 0.1) is 0 Å². The molecule has 0 amide bonds. The van der Waals surface area contributed by atoms with Gasteiger partial charge in [-0.2, -0.15) is 26.3 Å². The van der Waals surface area contributed by atoms with Gasteiger partial charge in [-0.1, -0.05) is 11.3 Å². The molecule has 0 bridgehead atoms. The van der Waals surface area contributed by atoms with E-state index in [2.05, 4.69) is 14.9 Å². The maximum Gasteiger partial charge on any atom is 0.423 e. The fraction of sp³-hybridized carbons (Fsp3) is 0.667. The number of halogens is 7. The molecule has 1 heterocycles. The lowest BCUT2D eigenvalue weighted by Crippen LogP contribution is -2.44. The first-order valence-corrected chi connectivity index (χ1v) is 5.03. The minimum atomic E-state index is -5.53. The van der Waals surface area contributed by atoms with Gasteiger partial charge >= 0.3 is 12.4 Å². The van der Waals surface area contributed by atoms with Crippen LogP contribution in [0.4, 0.5) is 26.3 Å². The van der Waals surface area contributed by atoms with Crippen LogP contribution in [-0.2, 0) is 11.3 Å². The van der Waals surface area contributed by atoms with Crippen molar-refractivity contribution >= 4 is 22.9 Å². The topological polar surface area (TPSA) is 35.0 Å². The van der Waals surface area contributed by atoms with Crippen LogP contribution in [0.5, 0.6) is 0 Å². The quantitative estimate of drug-likeness (QED) is 0.804. The summed E-state index contributed by atoms with van der Waals surface area (Å²) in [6.07, 6.45) is -14.9. The van der Waals surface area contributed by atoms with Gasteiger partial charge in [0.1, 0.15) is 11.6 Å². The summed E-state index contributed by atoms with van der Waals surface area (Å²) in [5.74, 6) is 0. The fourth-order valence-corrected chi connectivity index (χ4v) is 1.61. The third-order valence-corrected chi connectivity index (χ3v) is 2.40. The van der Waals surface area contributed by atoms with E-state index >= 15 is 0 Å². The Hall–Kier alpha value is -0.610. The van der Waals surface area contributed by atoms with E-state index in [1.807, 2.05) is 0 Å². The summed E-state index contributed by atoms with van der Waals surface area (Å²) in [6.45, 7) is -0.964. The number of aromatic nitrogens is 2. The Morgan fingerprint density at radius 2 is 1.65 bits per heavy atom. The number of nitrogens with zero attached hydrogens (tertiary/aromatic N) is 2. The van der Waals surface area contributed by atoms with Crippen LogP contribution in [0.15, 0.2) is 0 Å². The Labute approximate surface area is 99.3 Å². The zero-order chi connectivity index (χ0) is 13.3. The Morgan fingerprint density at radius 1 is 1.12 bits per heavy atom. The molecule has 1 rings (SSSR count). The third-order valence-electron chi connectivity index (χ3n) is 1.41. The average molecular weight is 301 g/mol. The second-order valence-corrected chi connectivity index (χ2v) is 4.37. The van der Waals surface area contributed by atoms with Gasteiger partial charge in [-0.3, -0.25) is 0 Å². The molecule has 3 nitrogen and oxygen atoms in total.